The van der Waals surface area contributed by atoms with Crippen LogP contribution in [0.2, 0.25) is 0 Å². The van der Waals surface area contributed by atoms with Crippen molar-refractivity contribution >= 4 is 0 Å². The monoisotopic (exact) mass is 269 g/mol. The molecular formula is C16H19N3O. The average molecular weight is 269 g/mol. The lowest BCUT2D eigenvalue weighted by atomic mass is 9.94. The minimum absolute atomic E-state index is 0.0643. The number of benzene rings is 1. The van der Waals surface area contributed by atoms with Gasteiger partial charge in [-0.2, -0.15) is 0 Å². The van der Waals surface area contributed by atoms with Crippen LogP contribution in [0.25, 0.3) is 5.69 Å². The van der Waals surface area contributed by atoms with Crippen LogP contribution in [0.15, 0.2) is 43.0 Å². The molecule has 0 amide bonds. The Kier molecular flexibility index (Phi) is 2.77. The Morgan fingerprint density at radius 1 is 1.10 bits per heavy atom. The van der Waals surface area contributed by atoms with Crippen molar-refractivity contribution < 1.29 is 4.74 Å². The van der Waals surface area contributed by atoms with Gasteiger partial charge < -0.3 is 9.30 Å². The van der Waals surface area contributed by atoms with E-state index in [1.165, 1.54) is 25.9 Å². The Morgan fingerprint density at radius 2 is 2.00 bits per heavy atom. The molecule has 4 heteroatoms. The largest absolute Gasteiger partial charge is 0.486 e. The van der Waals surface area contributed by atoms with Gasteiger partial charge in [0.1, 0.15) is 11.4 Å². The molecule has 2 aliphatic heterocycles. The lowest BCUT2D eigenvalue weighted by Crippen LogP contribution is -2.43. The smallest absolute Gasteiger partial charge is 0.123 e. The first-order chi connectivity index (χ1) is 9.83. The van der Waals surface area contributed by atoms with Gasteiger partial charge in [-0.05, 0) is 43.7 Å². The molecule has 0 aliphatic carbocycles. The molecule has 0 radical (unpaired) electrons. The number of hydrogen-bond acceptors (Lipinski definition) is 3. The van der Waals surface area contributed by atoms with Gasteiger partial charge in [0.15, 0.2) is 0 Å². The molecule has 2 atom stereocenters. The zero-order chi connectivity index (χ0) is 13.4. The van der Waals surface area contributed by atoms with Gasteiger partial charge in [-0.3, -0.25) is 4.90 Å². The van der Waals surface area contributed by atoms with E-state index < -0.39 is 0 Å². The van der Waals surface area contributed by atoms with Gasteiger partial charge >= 0.3 is 0 Å². The zero-order valence-corrected chi connectivity index (χ0v) is 11.5. The molecule has 20 heavy (non-hydrogen) atoms. The summed E-state index contributed by atoms with van der Waals surface area (Å²) >= 11 is 0. The van der Waals surface area contributed by atoms with E-state index in [-0.39, 0.29) is 5.60 Å². The first-order valence-corrected chi connectivity index (χ1v) is 7.33. The summed E-state index contributed by atoms with van der Waals surface area (Å²) in [6.45, 7) is 3.52. The molecule has 1 aromatic carbocycles. The second-order valence-electron chi connectivity index (χ2n) is 5.88. The van der Waals surface area contributed by atoms with Crippen LogP contribution in [0.4, 0.5) is 0 Å². The topological polar surface area (TPSA) is 30.3 Å². The third kappa shape index (κ3) is 2.10. The summed E-state index contributed by atoms with van der Waals surface area (Å²) in [6.07, 6.45) is 9.16. The number of fused-ring (bicyclic) bond motifs is 2. The van der Waals surface area contributed by atoms with Crippen molar-refractivity contribution in [2.45, 2.75) is 24.9 Å². The van der Waals surface area contributed by atoms with Gasteiger partial charge in [-0.15, -0.1) is 0 Å². The summed E-state index contributed by atoms with van der Waals surface area (Å²) in [5, 5.41) is 0. The minimum Gasteiger partial charge on any atom is -0.486 e. The van der Waals surface area contributed by atoms with E-state index in [0.29, 0.717) is 0 Å². The molecule has 1 aromatic heterocycles. The summed E-state index contributed by atoms with van der Waals surface area (Å²) in [7, 11) is 0. The van der Waals surface area contributed by atoms with Crippen molar-refractivity contribution in [2.75, 3.05) is 19.6 Å². The van der Waals surface area contributed by atoms with Crippen LogP contribution in [0.1, 0.15) is 19.3 Å². The van der Waals surface area contributed by atoms with Gasteiger partial charge in [-0.1, -0.05) is 0 Å². The molecule has 4 nitrogen and oxygen atoms in total. The highest BCUT2D eigenvalue weighted by molar-refractivity contribution is 5.37. The third-order valence-electron chi connectivity index (χ3n) is 4.48. The quantitative estimate of drug-likeness (QED) is 0.857. The highest BCUT2D eigenvalue weighted by atomic mass is 16.5. The maximum absolute atomic E-state index is 6.34. The van der Waals surface area contributed by atoms with Crippen LogP contribution >= 0.6 is 0 Å². The highest BCUT2D eigenvalue weighted by Crippen LogP contribution is 2.35. The fourth-order valence-electron chi connectivity index (χ4n) is 3.43. The maximum Gasteiger partial charge on any atom is 0.123 e. The van der Waals surface area contributed by atoms with Crippen LogP contribution in [0.5, 0.6) is 5.75 Å². The van der Waals surface area contributed by atoms with Crippen LogP contribution < -0.4 is 4.74 Å². The van der Waals surface area contributed by atoms with E-state index in [9.17, 15) is 0 Å². The van der Waals surface area contributed by atoms with Crippen molar-refractivity contribution in [2.24, 2.45) is 0 Å². The lowest BCUT2D eigenvalue weighted by molar-refractivity contribution is 0.0453. The van der Waals surface area contributed by atoms with E-state index in [0.717, 1.165) is 24.4 Å². The van der Waals surface area contributed by atoms with Crippen LogP contribution in [-0.4, -0.2) is 39.7 Å². The van der Waals surface area contributed by atoms with Crippen molar-refractivity contribution in [3.63, 3.8) is 0 Å². The molecule has 2 saturated heterocycles. The molecule has 2 unspecified atom stereocenters. The summed E-state index contributed by atoms with van der Waals surface area (Å²) in [6, 6.07) is 8.31. The first kappa shape index (κ1) is 12.0. The first-order valence-electron chi connectivity index (χ1n) is 7.33. The van der Waals surface area contributed by atoms with E-state index >= 15 is 0 Å². The Morgan fingerprint density at radius 3 is 2.80 bits per heavy atom. The maximum atomic E-state index is 6.34. The fourth-order valence-corrected chi connectivity index (χ4v) is 3.43. The Labute approximate surface area is 119 Å². The summed E-state index contributed by atoms with van der Waals surface area (Å²) in [5.74, 6) is 0.984. The molecule has 2 aliphatic rings. The van der Waals surface area contributed by atoms with Gasteiger partial charge in [0.05, 0.1) is 6.33 Å². The average Bonchev–Trinajstić information content (AvgIpc) is 3.09. The summed E-state index contributed by atoms with van der Waals surface area (Å²) in [4.78, 5) is 6.59. The molecule has 2 aromatic rings. The summed E-state index contributed by atoms with van der Waals surface area (Å²) < 4.78 is 8.34. The van der Waals surface area contributed by atoms with Crippen LogP contribution in [0.3, 0.4) is 0 Å². The molecular weight excluding hydrogens is 250 g/mol. The van der Waals surface area contributed by atoms with Gasteiger partial charge in [0.25, 0.3) is 0 Å². The normalized spacial score (nSPS) is 28.5. The van der Waals surface area contributed by atoms with Crippen molar-refractivity contribution in [1.29, 1.82) is 0 Å². The number of nitrogens with zero attached hydrogens (tertiary/aromatic N) is 3. The Bertz CT molecular complexity index is 574. The van der Waals surface area contributed by atoms with E-state index in [1.807, 2.05) is 17.1 Å². The minimum atomic E-state index is 0.0643. The molecule has 0 N–H and O–H groups in total. The second kappa shape index (κ2) is 4.63. The molecule has 2 fully saturated rings. The van der Waals surface area contributed by atoms with Crippen LogP contribution in [-0.2, 0) is 0 Å². The number of piperidine rings is 1. The van der Waals surface area contributed by atoms with E-state index in [2.05, 4.69) is 34.1 Å². The van der Waals surface area contributed by atoms with Crippen molar-refractivity contribution in [3.8, 4) is 11.4 Å². The Balaban J connectivity index is 1.52. The molecule has 0 spiro atoms. The van der Waals surface area contributed by atoms with Crippen molar-refractivity contribution in [1.82, 2.24) is 14.5 Å². The molecule has 3 heterocycles. The lowest BCUT2D eigenvalue weighted by Gasteiger charge is -2.34. The van der Waals surface area contributed by atoms with Crippen molar-refractivity contribution in [3.05, 3.63) is 43.0 Å². The van der Waals surface area contributed by atoms with Gasteiger partial charge in [0.2, 0.25) is 0 Å². The second-order valence-corrected chi connectivity index (χ2v) is 5.88. The van der Waals surface area contributed by atoms with Crippen LogP contribution in [0, 0.1) is 0 Å². The SMILES string of the molecule is c1cn(-c2ccc(OC34CCCN(CC3)C4)cc2)cn1. The molecule has 2 bridgehead atoms. The standard InChI is InChI=1S/C16H19N3O/c1-6-16(7-10-18(9-1)12-16)20-15-4-2-14(3-5-15)19-11-8-17-13-19/h2-5,8,11,13H,1,6-7,9-10,12H2. The number of hydrogen-bond donors (Lipinski definition) is 0. The van der Waals surface area contributed by atoms with Gasteiger partial charge in [-0.25, -0.2) is 4.98 Å². The predicted octanol–water partition coefficient (Wildman–Crippen LogP) is 2.49. The van der Waals surface area contributed by atoms with E-state index in [1.54, 1.807) is 6.20 Å². The predicted molar refractivity (Wildman–Crippen MR) is 77.2 cm³/mol. The molecule has 0 saturated carbocycles. The number of aromatic nitrogens is 2. The fraction of sp³-hybridized carbons (Fsp3) is 0.438. The van der Waals surface area contributed by atoms with Gasteiger partial charge in [0, 0.05) is 37.6 Å². The molecule has 104 valence electrons. The highest BCUT2D eigenvalue weighted by Gasteiger charge is 2.42. The zero-order valence-electron chi connectivity index (χ0n) is 11.5. The number of rotatable bonds is 3. The Hall–Kier alpha value is -1.81. The molecule has 4 rings (SSSR count). The number of ether oxygens (including phenoxy) is 1. The third-order valence-corrected chi connectivity index (χ3v) is 4.48. The summed E-state index contributed by atoms with van der Waals surface area (Å²) in [5.41, 5.74) is 1.18. The van der Waals surface area contributed by atoms with E-state index in [4.69, 9.17) is 4.74 Å². The number of imidazole rings is 1.